The number of sulfonamides is 1. The van der Waals surface area contributed by atoms with E-state index < -0.39 is 10.0 Å². The first kappa shape index (κ1) is 18.7. The largest absolute Gasteiger partial charge is 0.507 e. The minimum Gasteiger partial charge on any atom is -0.507 e. The van der Waals surface area contributed by atoms with Crippen LogP contribution in [0.2, 0.25) is 10.0 Å². The van der Waals surface area contributed by atoms with Crippen molar-refractivity contribution in [2.24, 2.45) is 0 Å². The van der Waals surface area contributed by atoms with Gasteiger partial charge < -0.3 is 9.84 Å². The summed E-state index contributed by atoms with van der Waals surface area (Å²) in [6, 6.07) is 4.40. The summed E-state index contributed by atoms with van der Waals surface area (Å²) in [4.78, 5) is 0. The second-order valence-corrected chi connectivity index (χ2v) is 8.00. The van der Waals surface area contributed by atoms with Crippen LogP contribution in [0.3, 0.4) is 0 Å². The molecule has 0 heterocycles. The van der Waals surface area contributed by atoms with Crippen LogP contribution in [0.25, 0.3) is 11.1 Å². The van der Waals surface area contributed by atoms with Crippen LogP contribution in [0, 0.1) is 13.8 Å². The Morgan fingerprint density at radius 3 is 2.21 bits per heavy atom. The van der Waals surface area contributed by atoms with Crippen molar-refractivity contribution in [3.8, 4) is 22.6 Å². The van der Waals surface area contributed by atoms with E-state index in [-0.39, 0.29) is 21.5 Å². The van der Waals surface area contributed by atoms with E-state index in [2.05, 4.69) is 4.72 Å². The van der Waals surface area contributed by atoms with Gasteiger partial charge in [0.15, 0.2) is 0 Å². The van der Waals surface area contributed by atoms with Gasteiger partial charge in [0, 0.05) is 22.2 Å². The van der Waals surface area contributed by atoms with E-state index in [0.29, 0.717) is 16.9 Å². The predicted octanol–water partition coefficient (Wildman–Crippen LogP) is 4.36. The normalized spacial score (nSPS) is 11.4. The summed E-state index contributed by atoms with van der Waals surface area (Å²) in [7, 11) is -2.05. The molecular formula is C16H17Cl2NO4S. The molecule has 0 saturated heterocycles. The summed E-state index contributed by atoms with van der Waals surface area (Å²) < 4.78 is 31.2. The molecule has 2 N–H and O–H groups in total. The van der Waals surface area contributed by atoms with Gasteiger partial charge in [-0.05, 0) is 37.1 Å². The van der Waals surface area contributed by atoms with Gasteiger partial charge in [-0.3, -0.25) is 4.72 Å². The van der Waals surface area contributed by atoms with Crippen LogP contribution in [-0.4, -0.2) is 26.9 Å². The van der Waals surface area contributed by atoms with Crippen molar-refractivity contribution in [1.29, 1.82) is 0 Å². The number of rotatable bonds is 4. The number of hydrogen-bond acceptors (Lipinski definition) is 4. The highest BCUT2D eigenvalue weighted by atomic mass is 35.5. The molecule has 130 valence electrons. The summed E-state index contributed by atoms with van der Waals surface area (Å²) >= 11 is 12.2. The van der Waals surface area contributed by atoms with E-state index in [1.807, 2.05) is 6.92 Å². The molecule has 0 aliphatic carbocycles. The van der Waals surface area contributed by atoms with Crippen molar-refractivity contribution in [3.05, 3.63) is 39.4 Å². The van der Waals surface area contributed by atoms with Gasteiger partial charge in [0.05, 0.1) is 24.1 Å². The Kier molecular flexibility index (Phi) is 5.22. The van der Waals surface area contributed by atoms with Crippen molar-refractivity contribution >= 4 is 38.9 Å². The number of ether oxygens (including phenoxy) is 1. The first-order valence-corrected chi connectivity index (χ1v) is 9.54. The van der Waals surface area contributed by atoms with Gasteiger partial charge in [0.2, 0.25) is 10.0 Å². The van der Waals surface area contributed by atoms with Crippen LogP contribution in [0.15, 0.2) is 18.2 Å². The molecule has 0 amide bonds. The van der Waals surface area contributed by atoms with Crippen LogP contribution >= 0.6 is 23.2 Å². The fourth-order valence-corrected chi connectivity index (χ4v) is 3.65. The maximum absolute atomic E-state index is 11.7. The van der Waals surface area contributed by atoms with E-state index in [9.17, 15) is 13.5 Å². The average molecular weight is 390 g/mol. The lowest BCUT2D eigenvalue weighted by Gasteiger charge is -2.20. The summed E-state index contributed by atoms with van der Waals surface area (Å²) in [6.45, 7) is 3.63. The second kappa shape index (κ2) is 6.70. The molecule has 0 aliphatic rings. The lowest BCUT2D eigenvalue weighted by atomic mass is 9.94. The third-order valence-electron chi connectivity index (χ3n) is 3.65. The van der Waals surface area contributed by atoms with Gasteiger partial charge in [0.25, 0.3) is 0 Å². The standard InChI is InChI=1S/C16H17Cl2NO4S/c1-8-9(2)15(16-11(18)5-10(17)6-13(16)20)12(7-14(8)23-3)19-24(4,21)22/h5-7,19-20H,1-4H3. The number of nitrogens with one attached hydrogen (secondary N) is 1. The van der Waals surface area contributed by atoms with Gasteiger partial charge >= 0.3 is 0 Å². The van der Waals surface area contributed by atoms with Crippen molar-refractivity contribution in [1.82, 2.24) is 0 Å². The molecular weight excluding hydrogens is 373 g/mol. The van der Waals surface area contributed by atoms with Crippen molar-refractivity contribution in [2.75, 3.05) is 18.1 Å². The van der Waals surface area contributed by atoms with Crippen molar-refractivity contribution in [3.63, 3.8) is 0 Å². The second-order valence-electron chi connectivity index (χ2n) is 5.41. The summed E-state index contributed by atoms with van der Waals surface area (Å²) in [5.74, 6) is 0.378. The molecule has 0 radical (unpaired) electrons. The molecule has 2 aromatic carbocycles. The first-order chi connectivity index (χ1) is 11.0. The van der Waals surface area contributed by atoms with Gasteiger partial charge in [-0.25, -0.2) is 8.42 Å². The third-order valence-corrected chi connectivity index (χ3v) is 4.76. The van der Waals surface area contributed by atoms with Crippen LogP contribution < -0.4 is 9.46 Å². The molecule has 24 heavy (non-hydrogen) atoms. The van der Waals surface area contributed by atoms with Gasteiger partial charge in [-0.1, -0.05) is 23.2 Å². The lowest BCUT2D eigenvalue weighted by Crippen LogP contribution is -2.12. The molecule has 2 rings (SSSR count). The van der Waals surface area contributed by atoms with Gasteiger partial charge in [0.1, 0.15) is 11.5 Å². The number of phenols is 1. The minimum absolute atomic E-state index is 0.142. The summed E-state index contributed by atoms with van der Waals surface area (Å²) in [5.41, 5.74) is 2.56. The molecule has 0 atom stereocenters. The lowest BCUT2D eigenvalue weighted by molar-refractivity contribution is 0.411. The minimum atomic E-state index is -3.55. The van der Waals surface area contributed by atoms with Gasteiger partial charge in [-0.15, -0.1) is 0 Å². The van der Waals surface area contributed by atoms with Crippen LogP contribution in [-0.2, 0) is 10.0 Å². The monoisotopic (exact) mass is 389 g/mol. The molecule has 0 aromatic heterocycles. The molecule has 0 spiro atoms. The SMILES string of the molecule is COc1cc(NS(C)(=O)=O)c(-c2c(O)cc(Cl)cc2Cl)c(C)c1C. The highest BCUT2D eigenvalue weighted by Crippen LogP contribution is 2.46. The van der Waals surface area contributed by atoms with Crippen molar-refractivity contribution < 1.29 is 18.3 Å². The maximum Gasteiger partial charge on any atom is 0.229 e. The number of methoxy groups -OCH3 is 1. The molecule has 0 bridgehead atoms. The predicted molar refractivity (Wildman–Crippen MR) is 98.1 cm³/mol. The zero-order valence-corrected chi connectivity index (χ0v) is 15.9. The van der Waals surface area contributed by atoms with Crippen LogP contribution in [0.5, 0.6) is 11.5 Å². The Balaban J connectivity index is 2.89. The Hall–Kier alpha value is -1.63. The van der Waals surface area contributed by atoms with E-state index in [4.69, 9.17) is 27.9 Å². The Morgan fingerprint density at radius 2 is 1.71 bits per heavy atom. The molecule has 5 nitrogen and oxygen atoms in total. The van der Waals surface area contributed by atoms with Crippen LogP contribution in [0.1, 0.15) is 11.1 Å². The number of phenolic OH excluding ortho intramolecular Hbond substituents is 1. The summed E-state index contributed by atoms with van der Waals surface area (Å²) in [5, 5.41) is 10.8. The number of anilines is 1. The Bertz CT molecular complexity index is 888. The third kappa shape index (κ3) is 3.71. The average Bonchev–Trinajstić information content (AvgIpc) is 2.43. The Labute approximate surface area is 151 Å². The highest BCUT2D eigenvalue weighted by molar-refractivity contribution is 7.92. The number of halogens is 2. The molecule has 0 saturated carbocycles. The fraction of sp³-hybridized carbons (Fsp3) is 0.250. The van der Waals surface area contributed by atoms with Crippen LogP contribution in [0.4, 0.5) is 5.69 Å². The van der Waals surface area contributed by atoms with Gasteiger partial charge in [-0.2, -0.15) is 0 Å². The van der Waals surface area contributed by atoms with E-state index in [1.165, 1.54) is 19.2 Å². The molecule has 0 unspecified atom stereocenters. The number of aromatic hydroxyl groups is 1. The quantitative estimate of drug-likeness (QED) is 0.813. The summed E-state index contributed by atoms with van der Waals surface area (Å²) in [6.07, 6.45) is 1.04. The Morgan fingerprint density at radius 1 is 1.08 bits per heavy atom. The van der Waals surface area contributed by atoms with Crippen molar-refractivity contribution in [2.45, 2.75) is 13.8 Å². The number of hydrogen-bond donors (Lipinski definition) is 2. The smallest absolute Gasteiger partial charge is 0.229 e. The van der Waals surface area contributed by atoms with E-state index in [1.54, 1.807) is 13.0 Å². The van der Waals surface area contributed by atoms with E-state index >= 15 is 0 Å². The number of benzene rings is 2. The molecule has 8 heteroatoms. The zero-order chi connectivity index (χ0) is 18.2. The highest BCUT2D eigenvalue weighted by Gasteiger charge is 2.22. The molecule has 2 aromatic rings. The fourth-order valence-electron chi connectivity index (χ4n) is 2.51. The maximum atomic E-state index is 11.7. The zero-order valence-electron chi connectivity index (χ0n) is 13.6. The topological polar surface area (TPSA) is 75.6 Å². The first-order valence-electron chi connectivity index (χ1n) is 6.89. The molecule has 0 fully saturated rings. The molecule has 0 aliphatic heterocycles. The van der Waals surface area contributed by atoms with E-state index in [0.717, 1.165) is 17.4 Å².